The molecule has 1 rings (SSSR count). The van der Waals surface area contributed by atoms with E-state index in [1.54, 1.807) is 6.08 Å². The second kappa shape index (κ2) is 8.42. The van der Waals surface area contributed by atoms with Crippen molar-refractivity contribution in [2.75, 3.05) is 0 Å². The Morgan fingerprint density at radius 3 is 2.75 bits per heavy atom. The maximum absolute atomic E-state index is 4.20. The average molecular weight is 269 g/mol. The molecule has 1 N–H and O–H groups in total. The van der Waals surface area contributed by atoms with Crippen molar-refractivity contribution in [1.82, 2.24) is 5.32 Å². The van der Waals surface area contributed by atoms with Crippen LogP contribution in [0.25, 0.3) is 0 Å². The summed E-state index contributed by atoms with van der Waals surface area (Å²) in [7, 11) is 0. The molecule has 0 spiro atoms. The third-order valence-electron chi connectivity index (χ3n) is 3.73. The molecule has 108 valence electrons. The van der Waals surface area contributed by atoms with Crippen LogP contribution in [0.3, 0.4) is 0 Å². The Morgan fingerprint density at radius 2 is 2.10 bits per heavy atom. The molecule has 0 saturated heterocycles. The first-order chi connectivity index (χ1) is 9.58. The maximum Gasteiger partial charge on any atom is 0.0338 e. The standard InChI is InChI=1S/C19H27N/c1-6-8-12-19(7-2)20-17(5)16(4)18-11-9-10-15(3)13-14-18/h6-8,12-14,16,20H,1,5,9-11H2,2-4H3/b12-8-,19-7-. The first kappa shape index (κ1) is 16.3. The molecule has 0 aliphatic heterocycles. The monoisotopic (exact) mass is 269 g/mol. The van der Waals surface area contributed by atoms with Crippen LogP contribution in [0.2, 0.25) is 0 Å². The number of rotatable bonds is 6. The van der Waals surface area contributed by atoms with E-state index in [0.717, 1.165) is 17.8 Å². The molecule has 1 aliphatic rings. The third-order valence-corrected chi connectivity index (χ3v) is 3.73. The van der Waals surface area contributed by atoms with Crippen LogP contribution in [-0.2, 0) is 0 Å². The number of hydrogen-bond donors (Lipinski definition) is 1. The van der Waals surface area contributed by atoms with E-state index in [-0.39, 0.29) is 0 Å². The van der Waals surface area contributed by atoms with Crippen molar-refractivity contribution in [3.63, 3.8) is 0 Å². The number of nitrogens with one attached hydrogen (secondary N) is 1. The van der Waals surface area contributed by atoms with E-state index in [2.05, 4.69) is 44.5 Å². The van der Waals surface area contributed by atoms with Gasteiger partial charge in [-0.2, -0.15) is 0 Å². The fourth-order valence-electron chi connectivity index (χ4n) is 2.25. The van der Waals surface area contributed by atoms with E-state index < -0.39 is 0 Å². The minimum absolute atomic E-state index is 0.351. The SMILES string of the molecule is C=C/C=C\C(=C\C)NC(=C)C(C)C1=CC=C(C)CCC1. The second-order valence-electron chi connectivity index (χ2n) is 5.32. The Hall–Kier alpha value is -1.76. The van der Waals surface area contributed by atoms with Gasteiger partial charge in [-0.25, -0.2) is 0 Å². The Labute approximate surface area is 124 Å². The predicted molar refractivity (Wildman–Crippen MR) is 90.2 cm³/mol. The van der Waals surface area contributed by atoms with Crippen LogP contribution in [0.5, 0.6) is 0 Å². The zero-order valence-electron chi connectivity index (χ0n) is 13.1. The Morgan fingerprint density at radius 1 is 1.35 bits per heavy atom. The lowest BCUT2D eigenvalue weighted by Gasteiger charge is -2.20. The molecule has 1 atom stereocenters. The van der Waals surface area contributed by atoms with Gasteiger partial charge in [0, 0.05) is 17.3 Å². The molecular weight excluding hydrogens is 242 g/mol. The van der Waals surface area contributed by atoms with Crippen LogP contribution in [0.1, 0.15) is 40.0 Å². The van der Waals surface area contributed by atoms with E-state index in [1.807, 2.05) is 25.2 Å². The van der Waals surface area contributed by atoms with Gasteiger partial charge < -0.3 is 5.32 Å². The minimum Gasteiger partial charge on any atom is -0.359 e. The largest absolute Gasteiger partial charge is 0.359 e. The molecule has 0 saturated carbocycles. The van der Waals surface area contributed by atoms with E-state index in [0.29, 0.717) is 5.92 Å². The van der Waals surface area contributed by atoms with Crippen molar-refractivity contribution < 1.29 is 0 Å². The molecule has 0 fully saturated rings. The molecule has 0 aromatic carbocycles. The van der Waals surface area contributed by atoms with Crippen LogP contribution in [-0.4, -0.2) is 0 Å². The summed E-state index contributed by atoms with van der Waals surface area (Å²) in [6.07, 6.45) is 15.9. The van der Waals surface area contributed by atoms with Crippen molar-refractivity contribution >= 4 is 0 Å². The third kappa shape index (κ3) is 5.08. The quantitative estimate of drug-likeness (QED) is 0.634. The van der Waals surface area contributed by atoms with Gasteiger partial charge in [0.05, 0.1) is 0 Å². The van der Waals surface area contributed by atoms with E-state index in [1.165, 1.54) is 24.0 Å². The van der Waals surface area contributed by atoms with Gasteiger partial charge in [-0.1, -0.05) is 61.6 Å². The highest BCUT2D eigenvalue weighted by molar-refractivity contribution is 5.29. The maximum atomic E-state index is 4.20. The van der Waals surface area contributed by atoms with Gasteiger partial charge in [0.2, 0.25) is 0 Å². The first-order valence-electron chi connectivity index (χ1n) is 7.36. The molecule has 1 aliphatic carbocycles. The molecule has 0 aromatic rings. The van der Waals surface area contributed by atoms with Gasteiger partial charge in [-0.05, 0) is 39.2 Å². The molecule has 1 unspecified atom stereocenters. The minimum atomic E-state index is 0.351. The summed E-state index contributed by atoms with van der Waals surface area (Å²) in [5, 5.41) is 3.40. The van der Waals surface area contributed by atoms with Crippen LogP contribution in [0.15, 0.2) is 72.2 Å². The Balaban J connectivity index is 2.71. The van der Waals surface area contributed by atoms with E-state index >= 15 is 0 Å². The highest BCUT2D eigenvalue weighted by Crippen LogP contribution is 2.26. The summed E-state index contributed by atoms with van der Waals surface area (Å²) in [4.78, 5) is 0. The molecule has 0 aromatic heterocycles. The molecule has 0 bridgehead atoms. The smallest absolute Gasteiger partial charge is 0.0338 e. The summed E-state index contributed by atoms with van der Waals surface area (Å²) in [6.45, 7) is 14.3. The Bertz CT molecular complexity index is 472. The van der Waals surface area contributed by atoms with Crippen LogP contribution >= 0.6 is 0 Å². The average Bonchev–Trinajstić information content (AvgIpc) is 2.67. The first-order valence-corrected chi connectivity index (χ1v) is 7.36. The fourth-order valence-corrected chi connectivity index (χ4v) is 2.25. The summed E-state index contributed by atoms with van der Waals surface area (Å²) in [6, 6.07) is 0. The van der Waals surface area contributed by atoms with Gasteiger partial charge in [0.15, 0.2) is 0 Å². The van der Waals surface area contributed by atoms with E-state index in [9.17, 15) is 0 Å². The predicted octanol–water partition coefficient (Wildman–Crippen LogP) is 5.43. The molecule has 1 heteroatoms. The fraction of sp³-hybridized carbons (Fsp3) is 0.368. The molecule has 20 heavy (non-hydrogen) atoms. The number of allylic oxidation sites excluding steroid dienone is 8. The van der Waals surface area contributed by atoms with Crippen molar-refractivity contribution in [1.29, 1.82) is 0 Å². The topological polar surface area (TPSA) is 12.0 Å². The summed E-state index contributed by atoms with van der Waals surface area (Å²) in [5.41, 5.74) is 5.03. The second-order valence-corrected chi connectivity index (χ2v) is 5.32. The van der Waals surface area contributed by atoms with Crippen molar-refractivity contribution in [3.8, 4) is 0 Å². The van der Waals surface area contributed by atoms with Gasteiger partial charge in [-0.15, -0.1) is 0 Å². The summed E-state index contributed by atoms with van der Waals surface area (Å²) < 4.78 is 0. The molecule has 0 radical (unpaired) electrons. The molecule has 0 amide bonds. The van der Waals surface area contributed by atoms with Crippen molar-refractivity contribution in [2.24, 2.45) is 5.92 Å². The highest BCUT2D eigenvalue weighted by Gasteiger charge is 2.13. The Kier molecular flexibility index (Phi) is 6.86. The molecule has 0 heterocycles. The molecule has 1 nitrogen and oxygen atoms in total. The van der Waals surface area contributed by atoms with Crippen molar-refractivity contribution in [2.45, 2.75) is 40.0 Å². The van der Waals surface area contributed by atoms with Gasteiger partial charge >= 0.3 is 0 Å². The summed E-state index contributed by atoms with van der Waals surface area (Å²) in [5.74, 6) is 0.351. The lowest BCUT2D eigenvalue weighted by Crippen LogP contribution is -2.18. The van der Waals surface area contributed by atoms with Gasteiger partial charge in [-0.3, -0.25) is 0 Å². The molecular formula is C19H27N. The van der Waals surface area contributed by atoms with Crippen LogP contribution in [0.4, 0.5) is 0 Å². The lowest BCUT2D eigenvalue weighted by atomic mass is 9.94. The van der Waals surface area contributed by atoms with Crippen molar-refractivity contribution in [3.05, 3.63) is 72.2 Å². The normalized spacial score (nSPS) is 18.1. The summed E-state index contributed by atoms with van der Waals surface area (Å²) >= 11 is 0. The highest BCUT2D eigenvalue weighted by atomic mass is 14.9. The number of hydrogen-bond acceptors (Lipinski definition) is 1. The van der Waals surface area contributed by atoms with Crippen LogP contribution in [0, 0.1) is 5.92 Å². The lowest BCUT2D eigenvalue weighted by molar-refractivity contribution is 0.675. The van der Waals surface area contributed by atoms with Crippen LogP contribution < -0.4 is 5.32 Å². The zero-order chi connectivity index (χ0) is 15.0. The van der Waals surface area contributed by atoms with Gasteiger partial charge in [0.25, 0.3) is 0 Å². The van der Waals surface area contributed by atoms with E-state index in [4.69, 9.17) is 0 Å². The van der Waals surface area contributed by atoms with Gasteiger partial charge in [0.1, 0.15) is 0 Å². The zero-order valence-corrected chi connectivity index (χ0v) is 13.1.